The van der Waals surface area contributed by atoms with Crippen LogP contribution in [-0.2, 0) is 0 Å². The molecular formula is C18H13N7O3. The van der Waals surface area contributed by atoms with Crippen LogP contribution in [0.2, 0.25) is 0 Å². The van der Waals surface area contributed by atoms with Crippen molar-refractivity contribution in [2.24, 2.45) is 5.18 Å². The van der Waals surface area contributed by atoms with Crippen molar-refractivity contribution in [1.82, 2.24) is 19.9 Å². The first kappa shape index (κ1) is 17.1. The molecule has 0 aliphatic carbocycles. The molecular weight excluding hydrogens is 362 g/mol. The molecule has 0 saturated carbocycles. The van der Waals surface area contributed by atoms with Crippen molar-refractivity contribution in [1.29, 1.82) is 0 Å². The summed E-state index contributed by atoms with van der Waals surface area (Å²) in [5.74, 6) is -0.281. The number of anilines is 2. The number of nitroso groups, excluding NO2 is 1. The number of nitrogens with one attached hydrogen (secondary N) is 4. The minimum absolute atomic E-state index is 0.191. The van der Waals surface area contributed by atoms with Crippen LogP contribution < -0.4 is 10.6 Å². The third-order valence-corrected chi connectivity index (χ3v) is 3.96. The lowest BCUT2D eigenvalue weighted by Crippen LogP contribution is -2.14. The first-order valence-corrected chi connectivity index (χ1v) is 8.18. The standard InChI is InChI=1S/C18H13N7O3/c26-15(10-4-6-11(25-28)7-5-10)23-18-21-13-3-1-2-12(14(13)22-18)16(27)24-17-19-8-9-20-17/h1-9H,(H2,19,20,24,27)(H2,21,22,23,26). The highest BCUT2D eigenvalue weighted by atomic mass is 16.3. The number of carbonyl (C=O) groups excluding carboxylic acids is 2. The number of imidazole rings is 2. The highest BCUT2D eigenvalue weighted by Gasteiger charge is 2.16. The third kappa shape index (κ3) is 3.33. The largest absolute Gasteiger partial charge is 0.331 e. The van der Waals surface area contributed by atoms with Gasteiger partial charge in [-0.25, -0.2) is 9.97 Å². The number of carbonyl (C=O) groups is 2. The van der Waals surface area contributed by atoms with Crippen LogP contribution in [-0.4, -0.2) is 31.8 Å². The van der Waals surface area contributed by atoms with E-state index in [0.717, 1.165) is 0 Å². The van der Waals surface area contributed by atoms with E-state index >= 15 is 0 Å². The molecule has 4 aromatic rings. The summed E-state index contributed by atoms with van der Waals surface area (Å²) in [5.41, 5.74) is 1.91. The summed E-state index contributed by atoms with van der Waals surface area (Å²) in [7, 11) is 0. The van der Waals surface area contributed by atoms with Gasteiger partial charge >= 0.3 is 0 Å². The van der Waals surface area contributed by atoms with Crippen LogP contribution in [0.5, 0.6) is 0 Å². The summed E-state index contributed by atoms with van der Waals surface area (Å²) < 4.78 is 0. The first-order valence-electron chi connectivity index (χ1n) is 8.18. The number of aromatic nitrogens is 4. The van der Waals surface area contributed by atoms with Crippen LogP contribution in [0.15, 0.2) is 60.0 Å². The summed E-state index contributed by atoms with van der Waals surface area (Å²) in [5, 5.41) is 8.07. The van der Waals surface area contributed by atoms with Gasteiger partial charge in [-0.2, -0.15) is 0 Å². The maximum Gasteiger partial charge on any atom is 0.260 e. The maximum absolute atomic E-state index is 12.5. The van der Waals surface area contributed by atoms with Gasteiger partial charge in [0.15, 0.2) is 0 Å². The Kier molecular flexibility index (Phi) is 4.34. The Bertz CT molecular complexity index is 1160. The fraction of sp³-hybridized carbons (Fsp3) is 0. The van der Waals surface area contributed by atoms with Gasteiger partial charge in [0, 0.05) is 18.0 Å². The number of para-hydroxylation sites is 1. The number of nitrogens with zero attached hydrogens (tertiary/aromatic N) is 3. The van der Waals surface area contributed by atoms with E-state index in [-0.39, 0.29) is 17.5 Å². The van der Waals surface area contributed by atoms with Crippen molar-refractivity contribution in [2.45, 2.75) is 0 Å². The summed E-state index contributed by atoms with van der Waals surface area (Å²) in [6.45, 7) is 0. The van der Waals surface area contributed by atoms with Gasteiger partial charge in [-0.3, -0.25) is 20.2 Å². The highest BCUT2D eigenvalue weighted by molar-refractivity contribution is 6.11. The molecule has 10 heteroatoms. The quantitative estimate of drug-likeness (QED) is 0.396. The number of H-pyrrole nitrogens is 2. The molecule has 0 atom stereocenters. The SMILES string of the molecule is O=Nc1ccc(C(=O)Nc2nc3cccc(C(=O)Nc4ncc[nH]4)c3[nH]2)cc1. The van der Waals surface area contributed by atoms with Gasteiger partial charge in [-0.1, -0.05) is 6.07 Å². The van der Waals surface area contributed by atoms with E-state index in [1.165, 1.54) is 30.5 Å². The zero-order chi connectivity index (χ0) is 19.5. The second kappa shape index (κ2) is 7.11. The molecule has 10 nitrogen and oxygen atoms in total. The molecule has 4 N–H and O–H groups in total. The molecule has 4 rings (SSSR count). The van der Waals surface area contributed by atoms with Gasteiger partial charge in [-0.05, 0) is 41.6 Å². The van der Waals surface area contributed by atoms with Gasteiger partial charge in [0.2, 0.25) is 11.9 Å². The van der Waals surface area contributed by atoms with Crippen LogP contribution in [0.3, 0.4) is 0 Å². The van der Waals surface area contributed by atoms with Crippen molar-refractivity contribution < 1.29 is 9.59 Å². The van der Waals surface area contributed by atoms with Gasteiger partial charge in [-0.15, -0.1) is 4.91 Å². The molecule has 2 aromatic carbocycles. The van der Waals surface area contributed by atoms with E-state index in [2.05, 4.69) is 35.7 Å². The average Bonchev–Trinajstić information content (AvgIpc) is 3.36. The minimum atomic E-state index is -0.418. The monoisotopic (exact) mass is 375 g/mol. The number of rotatable bonds is 5. The molecule has 0 spiro atoms. The lowest BCUT2D eigenvalue weighted by Gasteiger charge is -2.03. The zero-order valence-corrected chi connectivity index (χ0v) is 14.3. The number of amides is 2. The molecule has 0 radical (unpaired) electrons. The van der Waals surface area contributed by atoms with Gasteiger partial charge in [0.25, 0.3) is 11.8 Å². The number of fused-ring (bicyclic) bond motifs is 1. The Hall–Kier alpha value is -4.34. The lowest BCUT2D eigenvalue weighted by atomic mass is 10.2. The number of hydrogen-bond donors (Lipinski definition) is 4. The van der Waals surface area contributed by atoms with Crippen LogP contribution in [0.25, 0.3) is 11.0 Å². The second-order valence-corrected chi connectivity index (χ2v) is 5.77. The number of benzene rings is 2. The maximum atomic E-state index is 12.5. The van der Waals surface area contributed by atoms with Crippen molar-refractivity contribution in [3.05, 3.63) is 70.9 Å². The van der Waals surface area contributed by atoms with Crippen molar-refractivity contribution in [2.75, 3.05) is 10.6 Å². The van der Waals surface area contributed by atoms with Crippen LogP contribution in [0, 0.1) is 4.91 Å². The van der Waals surface area contributed by atoms with Crippen molar-refractivity contribution in [3.8, 4) is 0 Å². The van der Waals surface area contributed by atoms with E-state index in [4.69, 9.17) is 0 Å². The molecule has 28 heavy (non-hydrogen) atoms. The predicted molar refractivity (Wildman–Crippen MR) is 102 cm³/mol. The topological polar surface area (TPSA) is 145 Å². The molecule has 2 heterocycles. The van der Waals surface area contributed by atoms with Gasteiger partial charge in [0.05, 0.1) is 16.6 Å². The van der Waals surface area contributed by atoms with Crippen LogP contribution in [0.1, 0.15) is 20.7 Å². The van der Waals surface area contributed by atoms with Crippen molar-refractivity contribution >= 4 is 40.4 Å². The Morgan fingerprint density at radius 3 is 2.46 bits per heavy atom. The fourth-order valence-corrected chi connectivity index (χ4v) is 2.64. The molecule has 2 aromatic heterocycles. The number of hydrogen-bond acceptors (Lipinski definition) is 6. The molecule has 0 aliphatic heterocycles. The molecule has 0 unspecified atom stereocenters. The highest BCUT2D eigenvalue weighted by Crippen LogP contribution is 2.20. The van der Waals surface area contributed by atoms with E-state index in [9.17, 15) is 14.5 Å². The van der Waals surface area contributed by atoms with Crippen LogP contribution >= 0.6 is 0 Å². The Morgan fingerprint density at radius 1 is 0.964 bits per heavy atom. The minimum Gasteiger partial charge on any atom is -0.331 e. The molecule has 2 amide bonds. The van der Waals surface area contributed by atoms with E-state index < -0.39 is 5.91 Å². The molecule has 0 saturated heterocycles. The molecule has 0 bridgehead atoms. The summed E-state index contributed by atoms with van der Waals surface area (Å²) in [6.07, 6.45) is 3.12. The number of aromatic amines is 2. The van der Waals surface area contributed by atoms with E-state index in [1.807, 2.05) is 0 Å². The smallest absolute Gasteiger partial charge is 0.260 e. The average molecular weight is 375 g/mol. The van der Waals surface area contributed by atoms with Gasteiger partial charge in [0.1, 0.15) is 5.69 Å². The zero-order valence-electron chi connectivity index (χ0n) is 14.3. The Labute approximate surface area is 157 Å². The third-order valence-electron chi connectivity index (χ3n) is 3.96. The van der Waals surface area contributed by atoms with Crippen LogP contribution in [0.4, 0.5) is 17.6 Å². The first-order chi connectivity index (χ1) is 13.6. The van der Waals surface area contributed by atoms with Crippen molar-refractivity contribution in [3.63, 3.8) is 0 Å². The predicted octanol–water partition coefficient (Wildman–Crippen LogP) is 3.19. The van der Waals surface area contributed by atoms with E-state index in [1.54, 1.807) is 24.4 Å². The normalized spacial score (nSPS) is 10.6. The Balaban J connectivity index is 1.58. The van der Waals surface area contributed by atoms with E-state index in [0.29, 0.717) is 28.1 Å². The molecule has 138 valence electrons. The summed E-state index contributed by atoms with van der Waals surface area (Å²) in [6, 6.07) is 10.9. The van der Waals surface area contributed by atoms with Gasteiger partial charge < -0.3 is 9.97 Å². The second-order valence-electron chi connectivity index (χ2n) is 5.77. The molecule has 0 aliphatic rings. The fourth-order valence-electron chi connectivity index (χ4n) is 2.64. The summed E-state index contributed by atoms with van der Waals surface area (Å²) >= 11 is 0. The summed E-state index contributed by atoms with van der Waals surface area (Å²) in [4.78, 5) is 49.3. The Morgan fingerprint density at radius 2 is 1.75 bits per heavy atom. The lowest BCUT2D eigenvalue weighted by molar-refractivity contribution is 0.101. The molecule has 0 fully saturated rings.